The number of rotatable bonds is 6. The van der Waals surface area contributed by atoms with Gasteiger partial charge in [-0.1, -0.05) is 13.0 Å². The number of nitrogen functional groups attached to an aromatic ring is 1. The van der Waals surface area contributed by atoms with Crippen molar-refractivity contribution in [1.29, 1.82) is 0 Å². The molecular formula is C16H20FN3O. The lowest BCUT2D eigenvalue weighted by atomic mass is 10.2. The van der Waals surface area contributed by atoms with E-state index < -0.39 is 5.82 Å². The van der Waals surface area contributed by atoms with Crippen LogP contribution in [-0.4, -0.2) is 11.6 Å². The van der Waals surface area contributed by atoms with Crippen LogP contribution in [0.3, 0.4) is 0 Å². The first-order valence-corrected chi connectivity index (χ1v) is 7.01. The largest absolute Gasteiger partial charge is 0.490 e. The van der Waals surface area contributed by atoms with Crippen LogP contribution in [0.1, 0.15) is 32.0 Å². The molecule has 3 N–H and O–H groups in total. The first kappa shape index (κ1) is 15.1. The highest BCUT2D eigenvalue weighted by molar-refractivity contribution is 5.69. The van der Waals surface area contributed by atoms with Gasteiger partial charge in [-0.3, -0.25) is 4.98 Å². The number of pyridine rings is 1. The quantitative estimate of drug-likeness (QED) is 0.795. The highest BCUT2D eigenvalue weighted by Gasteiger charge is 2.12. The summed E-state index contributed by atoms with van der Waals surface area (Å²) in [5.74, 6) is -0.237. The van der Waals surface area contributed by atoms with Crippen LogP contribution in [0, 0.1) is 5.82 Å². The fourth-order valence-electron chi connectivity index (χ4n) is 1.96. The Balaban J connectivity index is 2.19. The van der Waals surface area contributed by atoms with Gasteiger partial charge in [-0.2, -0.15) is 0 Å². The van der Waals surface area contributed by atoms with Crippen molar-refractivity contribution in [3.8, 4) is 5.75 Å². The molecule has 4 nitrogen and oxygen atoms in total. The number of aromatic nitrogens is 1. The Bertz CT molecular complexity index is 590. The number of nitrogens with zero attached hydrogens (tertiary/aromatic N) is 1. The Kier molecular flexibility index (Phi) is 4.98. The summed E-state index contributed by atoms with van der Waals surface area (Å²) in [7, 11) is 0. The molecule has 0 saturated heterocycles. The van der Waals surface area contributed by atoms with Crippen LogP contribution in [-0.2, 0) is 0 Å². The molecule has 21 heavy (non-hydrogen) atoms. The van der Waals surface area contributed by atoms with E-state index in [9.17, 15) is 4.39 Å². The van der Waals surface area contributed by atoms with Crippen molar-refractivity contribution in [2.24, 2.45) is 0 Å². The van der Waals surface area contributed by atoms with Crippen molar-refractivity contribution >= 4 is 11.4 Å². The lowest BCUT2D eigenvalue weighted by Gasteiger charge is -2.17. The number of nitrogens with one attached hydrogen (secondary N) is 1. The Morgan fingerprint density at radius 3 is 2.86 bits per heavy atom. The van der Waals surface area contributed by atoms with Crippen LogP contribution >= 0.6 is 0 Å². The molecule has 0 amide bonds. The maximum Gasteiger partial charge on any atom is 0.167 e. The fourth-order valence-corrected chi connectivity index (χ4v) is 1.96. The minimum absolute atomic E-state index is 0.0435. The summed E-state index contributed by atoms with van der Waals surface area (Å²) >= 11 is 0. The van der Waals surface area contributed by atoms with Crippen LogP contribution in [0.4, 0.5) is 15.8 Å². The van der Waals surface area contributed by atoms with E-state index in [0.717, 1.165) is 12.1 Å². The van der Waals surface area contributed by atoms with Crippen LogP contribution in [0.15, 0.2) is 36.5 Å². The van der Waals surface area contributed by atoms with E-state index in [1.54, 1.807) is 12.3 Å². The summed E-state index contributed by atoms with van der Waals surface area (Å²) in [6.45, 7) is 4.41. The van der Waals surface area contributed by atoms with E-state index in [-0.39, 0.29) is 11.8 Å². The molecule has 0 fully saturated rings. The third kappa shape index (κ3) is 3.84. The number of halogens is 1. The van der Waals surface area contributed by atoms with Crippen molar-refractivity contribution in [3.05, 3.63) is 48.0 Å². The van der Waals surface area contributed by atoms with E-state index in [2.05, 4.69) is 10.3 Å². The molecule has 5 heteroatoms. The second-order valence-electron chi connectivity index (χ2n) is 4.84. The average Bonchev–Trinajstić information content (AvgIpc) is 2.49. The molecule has 0 spiro atoms. The molecule has 0 saturated carbocycles. The van der Waals surface area contributed by atoms with E-state index in [1.807, 2.05) is 32.0 Å². The van der Waals surface area contributed by atoms with Crippen molar-refractivity contribution in [2.75, 3.05) is 17.7 Å². The van der Waals surface area contributed by atoms with Crippen LogP contribution in [0.25, 0.3) is 0 Å². The van der Waals surface area contributed by atoms with Crippen LogP contribution in [0.2, 0.25) is 0 Å². The molecule has 1 atom stereocenters. The van der Waals surface area contributed by atoms with Gasteiger partial charge >= 0.3 is 0 Å². The summed E-state index contributed by atoms with van der Waals surface area (Å²) < 4.78 is 19.2. The van der Waals surface area contributed by atoms with Crippen molar-refractivity contribution in [3.63, 3.8) is 0 Å². The molecule has 1 heterocycles. The lowest BCUT2D eigenvalue weighted by molar-refractivity contribution is 0.301. The second kappa shape index (κ2) is 6.92. The van der Waals surface area contributed by atoms with E-state index in [1.165, 1.54) is 6.07 Å². The van der Waals surface area contributed by atoms with Crippen LogP contribution in [0.5, 0.6) is 5.75 Å². The molecule has 1 unspecified atom stereocenters. The standard InChI is InChI=1S/C16H20FN3O/c1-3-8-21-16-10-15(13(18)9-12(16)17)20-11(2)14-6-4-5-7-19-14/h4-7,9-11,20H,3,8,18H2,1-2H3. The normalized spacial score (nSPS) is 12.0. The molecular weight excluding hydrogens is 269 g/mol. The zero-order valence-electron chi connectivity index (χ0n) is 12.3. The minimum atomic E-state index is -0.447. The molecule has 2 aromatic rings. The predicted molar refractivity (Wildman–Crippen MR) is 82.9 cm³/mol. The number of hydrogen-bond acceptors (Lipinski definition) is 4. The smallest absolute Gasteiger partial charge is 0.167 e. The van der Waals surface area contributed by atoms with Gasteiger partial charge in [0, 0.05) is 18.3 Å². The van der Waals surface area contributed by atoms with Gasteiger partial charge in [-0.05, 0) is 25.5 Å². The SMILES string of the molecule is CCCOc1cc(NC(C)c2ccccn2)c(N)cc1F. The third-order valence-corrected chi connectivity index (χ3v) is 3.07. The Morgan fingerprint density at radius 1 is 1.38 bits per heavy atom. The second-order valence-corrected chi connectivity index (χ2v) is 4.84. The zero-order chi connectivity index (χ0) is 15.2. The monoisotopic (exact) mass is 289 g/mol. The summed E-state index contributed by atoms with van der Waals surface area (Å²) in [5.41, 5.74) is 7.74. The molecule has 112 valence electrons. The molecule has 0 bridgehead atoms. The van der Waals surface area contributed by atoms with Gasteiger partial charge in [0.2, 0.25) is 0 Å². The van der Waals surface area contributed by atoms with E-state index in [0.29, 0.717) is 18.0 Å². The van der Waals surface area contributed by atoms with Gasteiger partial charge in [-0.25, -0.2) is 4.39 Å². The van der Waals surface area contributed by atoms with Gasteiger partial charge < -0.3 is 15.8 Å². The molecule has 2 rings (SSSR count). The lowest BCUT2D eigenvalue weighted by Crippen LogP contribution is -2.10. The summed E-state index contributed by atoms with van der Waals surface area (Å²) in [4.78, 5) is 4.29. The first-order chi connectivity index (χ1) is 10.1. The Hall–Kier alpha value is -2.30. The summed E-state index contributed by atoms with van der Waals surface area (Å²) in [5, 5.41) is 3.24. The number of ether oxygens (including phenoxy) is 1. The molecule has 0 radical (unpaired) electrons. The number of hydrogen-bond donors (Lipinski definition) is 2. The van der Waals surface area contributed by atoms with Gasteiger partial charge in [0.1, 0.15) is 0 Å². The molecule has 1 aromatic carbocycles. The van der Waals surface area contributed by atoms with Crippen LogP contribution < -0.4 is 15.8 Å². The molecule has 0 aliphatic carbocycles. The minimum Gasteiger partial charge on any atom is -0.490 e. The molecule has 0 aliphatic rings. The summed E-state index contributed by atoms with van der Waals surface area (Å²) in [6.07, 6.45) is 2.55. The van der Waals surface area contributed by atoms with Gasteiger partial charge in [0.05, 0.1) is 29.7 Å². The highest BCUT2D eigenvalue weighted by Crippen LogP contribution is 2.30. The van der Waals surface area contributed by atoms with E-state index >= 15 is 0 Å². The average molecular weight is 289 g/mol. The van der Waals surface area contributed by atoms with E-state index in [4.69, 9.17) is 10.5 Å². The van der Waals surface area contributed by atoms with Crippen molar-refractivity contribution in [2.45, 2.75) is 26.3 Å². The predicted octanol–water partition coefficient (Wildman–Crippen LogP) is 3.76. The first-order valence-electron chi connectivity index (χ1n) is 7.01. The third-order valence-electron chi connectivity index (χ3n) is 3.07. The zero-order valence-corrected chi connectivity index (χ0v) is 12.3. The maximum absolute atomic E-state index is 13.8. The Morgan fingerprint density at radius 2 is 2.19 bits per heavy atom. The topological polar surface area (TPSA) is 60.2 Å². The van der Waals surface area contributed by atoms with Gasteiger partial charge in [0.25, 0.3) is 0 Å². The molecule has 1 aromatic heterocycles. The maximum atomic E-state index is 13.8. The number of benzene rings is 1. The highest BCUT2D eigenvalue weighted by atomic mass is 19.1. The Labute approximate surface area is 124 Å². The van der Waals surface area contributed by atoms with Gasteiger partial charge in [-0.15, -0.1) is 0 Å². The van der Waals surface area contributed by atoms with Gasteiger partial charge in [0.15, 0.2) is 11.6 Å². The number of anilines is 2. The van der Waals surface area contributed by atoms with Crippen molar-refractivity contribution < 1.29 is 9.13 Å². The molecule has 0 aliphatic heterocycles. The van der Waals surface area contributed by atoms with Crippen molar-refractivity contribution in [1.82, 2.24) is 4.98 Å². The number of nitrogens with two attached hydrogens (primary N) is 1. The fraction of sp³-hybridized carbons (Fsp3) is 0.312. The summed E-state index contributed by atoms with van der Waals surface area (Å²) in [6, 6.07) is 8.53.